The fraction of sp³-hybridized carbons (Fsp3) is 0.273. The van der Waals surface area contributed by atoms with Gasteiger partial charge in [0.2, 0.25) is 0 Å². The lowest BCUT2D eigenvalue weighted by atomic mass is 10.1. The van der Waals surface area contributed by atoms with E-state index in [-0.39, 0.29) is 0 Å². The number of aryl methyl sites for hydroxylation is 2. The zero-order valence-electron chi connectivity index (χ0n) is 8.45. The second-order valence-electron chi connectivity index (χ2n) is 3.52. The molecule has 0 aliphatic rings. The molecule has 4 heteroatoms. The monoisotopic (exact) mass is 258 g/mol. The molecule has 0 aliphatic heterocycles. The molecule has 0 radical (unpaired) electrons. The van der Waals surface area contributed by atoms with Gasteiger partial charge in [-0.05, 0) is 47.4 Å². The van der Waals surface area contributed by atoms with Crippen LogP contribution in [0.3, 0.4) is 0 Å². The van der Waals surface area contributed by atoms with Crippen molar-refractivity contribution in [2.24, 2.45) is 0 Å². The molecule has 1 atom stereocenters. The summed E-state index contributed by atoms with van der Waals surface area (Å²) >= 11 is 9.05. The molecule has 1 nitrogen and oxygen atoms in total. The summed E-state index contributed by atoms with van der Waals surface area (Å²) in [5.41, 5.74) is 3.15. The number of hydrogen-bond acceptors (Lipinski definition) is 3. The molecule has 2 rings (SSSR count). The van der Waals surface area contributed by atoms with E-state index in [2.05, 4.69) is 0 Å². The molecule has 0 fully saturated rings. The van der Waals surface area contributed by atoms with E-state index in [4.69, 9.17) is 11.6 Å². The van der Waals surface area contributed by atoms with Gasteiger partial charge in [0.15, 0.2) is 0 Å². The molecule has 0 aliphatic carbocycles. The first kappa shape index (κ1) is 11.1. The minimum Gasteiger partial charge on any atom is -0.383 e. The largest absolute Gasteiger partial charge is 0.383 e. The lowest BCUT2D eigenvalue weighted by Crippen LogP contribution is -1.96. The van der Waals surface area contributed by atoms with E-state index in [0.29, 0.717) is 0 Å². The average molecular weight is 259 g/mol. The molecule has 1 unspecified atom stereocenters. The van der Waals surface area contributed by atoms with Crippen molar-refractivity contribution in [2.45, 2.75) is 20.0 Å². The van der Waals surface area contributed by atoms with Crippen LogP contribution < -0.4 is 0 Å². The third-order valence-corrected chi connectivity index (χ3v) is 4.82. The summed E-state index contributed by atoms with van der Waals surface area (Å²) in [5, 5.41) is 14.2. The Bertz CT molecular complexity index is 453. The molecule has 15 heavy (non-hydrogen) atoms. The zero-order chi connectivity index (χ0) is 11.0. The highest BCUT2D eigenvalue weighted by atomic mass is 35.5. The van der Waals surface area contributed by atoms with Gasteiger partial charge in [0, 0.05) is 4.88 Å². The highest BCUT2D eigenvalue weighted by Crippen LogP contribution is 2.35. The highest BCUT2D eigenvalue weighted by Gasteiger charge is 2.16. The van der Waals surface area contributed by atoms with E-state index >= 15 is 0 Å². The van der Waals surface area contributed by atoms with Gasteiger partial charge in [-0.15, -0.1) is 11.3 Å². The predicted molar refractivity (Wildman–Crippen MR) is 67.2 cm³/mol. The van der Waals surface area contributed by atoms with Crippen LogP contribution in [0.5, 0.6) is 0 Å². The van der Waals surface area contributed by atoms with Crippen molar-refractivity contribution in [1.82, 2.24) is 0 Å². The summed E-state index contributed by atoms with van der Waals surface area (Å²) in [7, 11) is 0. The molecule has 0 amide bonds. The molecule has 2 aromatic rings. The normalized spacial score (nSPS) is 13.1. The maximum absolute atomic E-state index is 10.2. The topological polar surface area (TPSA) is 20.2 Å². The first-order chi connectivity index (χ1) is 7.09. The van der Waals surface area contributed by atoms with Gasteiger partial charge in [-0.25, -0.2) is 0 Å². The quantitative estimate of drug-likeness (QED) is 0.858. The van der Waals surface area contributed by atoms with E-state index in [1.54, 1.807) is 11.3 Å². The molecule has 1 N–H and O–H groups in total. The Kier molecular flexibility index (Phi) is 3.16. The number of rotatable bonds is 2. The second-order valence-corrected chi connectivity index (χ2v) is 5.95. The van der Waals surface area contributed by atoms with Crippen LogP contribution in [-0.4, -0.2) is 5.11 Å². The van der Waals surface area contributed by atoms with Gasteiger partial charge in [0.25, 0.3) is 0 Å². The summed E-state index contributed by atoms with van der Waals surface area (Å²) < 4.78 is 0.761. The molecule has 2 heterocycles. The number of hydrogen-bond donors (Lipinski definition) is 1. The Morgan fingerprint density at radius 2 is 2.00 bits per heavy atom. The van der Waals surface area contributed by atoms with Crippen molar-refractivity contribution in [2.75, 3.05) is 0 Å². The van der Waals surface area contributed by atoms with Gasteiger partial charge in [-0.1, -0.05) is 11.6 Å². The zero-order valence-corrected chi connectivity index (χ0v) is 10.8. The van der Waals surface area contributed by atoms with Gasteiger partial charge in [-0.3, -0.25) is 0 Å². The van der Waals surface area contributed by atoms with Crippen molar-refractivity contribution < 1.29 is 5.11 Å². The Balaban J connectivity index is 2.36. The maximum Gasteiger partial charge on any atom is 0.114 e. The molecular weight excluding hydrogens is 248 g/mol. The molecule has 0 saturated carbocycles. The summed E-state index contributed by atoms with van der Waals surface area (Å²) in [6.07, 6.45) is -0.535. The van der Waals surface area contributed by atoms with E-state index in [1.807, 2.05) is 30.7 Å². The standard InChI is InChI=1S/C11H11ClOS2/c1-6-3-9(15-11(6)12)10(13)8-5-14-4-7(8)2/h3-5,10,13H,1-2H3. The van der Waals surface area contributed by atoms with Crippen LogP contribution in [0.15, 0.2) is 16.8 Å². The molecule has 0 saturated heterocycles. The van der Waals surface area contributed by atoms with E-state index in [9.17, 15) is 5.11 Å². The maximum atomic E-state index is 10.2. The van der Waals surface area contributed by atoms with Gasteiger partial charge in [0.05, 0.1) is 4.34 Å². The summed E-state index contributed by atoms with van der Waals surface area (Å²) in [6, 6.07) is 1.95. The van der Waals surface area contributed by atoms with Crippen LogP contribution in [0.25, 0.3) is 0 Å². The first-order valence-electron chi connectivity index (χ1n) is 4.56. The smallest absolute Gasteiger partial charge is 0.114 e. The Morgan fingerprint density at radius 1 is 1.27 bits per heavy atom. The third-order valence-electron chi connectivity index (χ3n) is 2.34. The van der Waals surface area contributed by atoms with Crippen molar-refractivity contribution in [3.05, 3.63) is 42.7 Å². The lowest BCUT2D eigenvalue weighted by molar-refractivity contribution is 0.224. The number of thiophene rings is 2. The Hall–Kier alpha value is -0.350. The molecular formula is C11H11ClOS2. The predicted octanol–water partition coefficient (Wildman–Crippen LogP) is 4.16. The molecule has 0 bridgehead atoms. The first-order valence-corrected chi connectivity index (χ1v) is 6.70. The van der Waals surface area contributed by atoms with Crippen LogP contribution in [0.1, 0.15) is 27.7 Å². The summed E-state index contributed by atoms with van der Waals surface area (Å²) in [5.74, 6) is 0. The number of aliphatic hydroxyl groups is 1. The fourth-order valence-corrected chi connectivity index (χ4v) is 3.51. The van der Waals surface area contributed by atoms with E-state index < -0.39 is 6.10 Å². The van der Waals surface area contributed by atoms with Gasteiger partial charge in [0.1, 0.15) is 6.10 Å². The second kappa shape index (κ2) is 4.26. The van der Waals surface area contributed by atoms with Gasteiger partial charge >= 0.3 is 0 Å². The summed E-state index contributed by atoms with van der Waals surface area (Å²) in [4.78, 5) is 0.916. The Labute approximate surface area is 102 Å². The van der Waals surface area contributed by atoms with Crippen LogP contribution in [0.4, 0.5) is 0 Å². The van der Waals surface area contributed by atoms with Crippen molar-refractivity contribution in [3.8, 4) is 0 Å². The van der Waals surface area contributed by atoms with Crippen LogP contribution >= 0.6 is 34.3 Å². The van der Waals surface area contributed by atoms with Crippen LogP contribution in [-0.2, 0) is 0 Å². The van der Waals surface area contributed by atoms with Crippen molar-refractivity contribution >= 4 is 34.3 Å². The summed E-state index contributed by atoms with van der Waals surface area (Å²) in [6.45, 7) is 3.96. The average Bonchev–Trinajstić information content (AvgIpc) is 2.74. The molecule has 80 valence electrons. The molecule has 2 aromatic heterocycles. The Morgan fingerprint density at radius 3 is 2.47 bits per heavy atom. The van der Waals surface area contributed by atoms with Crippen molar-refractivity contribution in [1.29, 1.82) is 0 Å². The fourth-order valence-electron chi connectivity index (χ4n) is 1.42. The lowest BCUT2D eigenvalue weighted by Gasteiger charge is -2.07. The van der Waals surface area contributed by atoms with Crippen molar-refractivity contribution in [3.63, 3.8) is 0 Å². The minimum absolute atomic E-state index is 0.535. The molecule has 0 aromatic carbocycles. The van der Waals surface area contributed by atoms with E-state index in [1.165, 1.54) is 11.3 Å². The number of aliphatic hydroxyl groups excluding tert-OH is 1. The van der Waals surface area contributed by atoms with Gasteiger partial charge < -0.3 is 5.11 Å². The number of halogens is 1. The third kappa shape index (κ3) is 2.11. The minimum atomic E-state index is -0.535. The van der Waals surface area contributed by atoms with Crippen LogP contribution in [0, 0.1) is 13.8 Å². The van der Waals surface area contributed by atoms with Crippen LogP contribution in [0.2, 0.25) is 4.34 Å². The SMILES string of the molecule is Cc1cscc1C(O)c1cc(C)c(Cl)s1. The van der Waals surface area contributed by atoms with E-state index in [0.717, 1.165) is 25.9 Å². The van der Waals surface area contributed by atoms with Gasteiger partial charge in [-0.2, -0.15) is 11.3 Å². The highest BCUT2D eigenvalue weighted by molar-refractivity contribution is 7.16. The molecule has 0 spiro atoms.